The first-order chi connectivity index (χ1) is 11.9. The van der Waals surface area contributed by atoms with Crippen molar-refractivity contribution in [3.8, 4) is 5.75 Å². The highest BCUT2D eigenvalue weighted by molar-refractivity contribution is 9.10. The molecule has 6 heteroatoms. The van der Waals surface area contributed by atoms with Gasteiger partial charge in [-0.25, -0.2) is 0 Å². The minimum absolute atomic E-state index is 0.0587. The molecule has 0 aromatic heterocycles. The summed E-state index contributed by atoms with van der Waals surface area (Å²) in [5.74, 6) is 0.167. The summed E-state index contributed by atoms with van der Waals surface area (Å²) in [6.45, 7) is 2.71. The van der Waals surface area contributed by atoms with Crippen LogP contribution in [-0.2, 0) is 9.53 Å². The van der Waals surface area contributed by atoms with E-state index in [9.17, 15) is 4.79 Å². The first kappa shape index (κ1) is 18.7. The quantitative estimate of drug-likeness (QED) is 0.737. The fourth-order valence-electron chi connectivity index (χ4n) is 4.11. The zero-order valence-corrected chi connectivity index (χ0v) is 16.1. The van der Waals surface area contributed by atoms with Gasteiger partial charge in [0.05, 0.1) is 12.2 Å². The van der Waals surface area contributed by atoms with Gasteiger partial charge in [-0.3, -0.25) is 4.79 Å². The lowest BCUT2D eigenvalue weighted by Crippen LogP contribution is -2.50. The Hall–Kier alpha value is -1.11. The largest absolute Gasteiger partial charge is 0.487 e. The summed E-state index contributed by atoms with van der Waals surface area (Å²) in [6, 6.07) is 5.96. The molecule has 1 aromatic carbocycles. The summed E-state index contributed by atoms with van der Waals surface area (Å²) < 4.78 is 13.8. The Morgan fingerprint density at radius 1 is 1.44 bits per heavy atom. The molecule has 1 aromatic rings. The lowest BCUT2D eigenvalue weighted by atomic mass is 9.72. The molecule has 1 fully saturated rings. The number of benzene rings is 1. The lowest BCUT2D eigenvalue weighted by Gasteiger charge is -2.50. The van der Waals surface area contributed by atoms with Crippen molar-refractivity contribution < 1.29 is 19.4 Å². The second kappa shape index (κ2) is 7.64. The summed E-state index contributed by atoms with van der Waals surface area (Å²) in [7, 11) is 0. The molecule has 0 aliphatic carbocycles. The molecule has 0 spiro atoms. The van der Waals surface area contributed by atoms with E-state index in [-0.39, 0.29) is 24.5 Å². The van der Waals surface area contributed by atoms with Crippen molar-refractivity contribution >= 4 is 21.9 Å². The van der Waals surface area contributed by atoms with Gasteiger partial charge in [0.15, 0.2) is 0 Å². The average molecular weight is 412 g/mol. The Morgan fingerprint density at radius 2 is 2.24 bits per heavy atom. The maximum atomic E-state index is 11.1. The molecule has 138 valence electrons. The second-order valence-corrected chi connectivity index (χ2v) is 8.20. The molecule has 0 amide bonds. The number of carboxylic acids is 1. The van der Waals surface area contributed by atoms with Crippen LogP contribution in [0.2, 0.25) is 0 Å². The van der Waals surface area contributed by atoms with Crippen LogP contribution in [0, 0.1) is 5.92 Å². The Balaban J connectivity index is 1.89. The second-order valence-electron chi connectivity index (χ2n) is 7.28. The Morgan fingerprint density at radius 3 is 2.96 bits per heavy atom. The number of halogens is 1. The highest BCUT2D eigenvalue weighted by atomic mass is 79.9. The van der Waals surface area contributed by atoms with Gasteiger partial charge in [-0.05, 0) is 63.8 Å². The van der Waals surface area contributed by atoms with Crippen LogP contribution in [0.5, 0.6) is 5.75 Å². The third-order valence-corrected chi connectivity index (χ3v) is 5.97. The van der Waals surface area contributed by atoms with Crippen LogP contribution in [0.1, 0.15) is 57.1 Å². The number of carboxylic acid groups (broad SMARTS) is 1. The fourth-order valence-corrected chi connectivity index (χ4v) is 4.49. The van der Waals surface area contributed by atoms with Crippen LogP contribution in [0.25, 0.3) is 0 Å². The normalized spacial score (nSPS) is 30.9. The Bertz CT molecular complexity index is 638. The van der Waals surface area contributed by atoms with Crippen LogP contribution in [0.3, 0.4) is 0 Å². The van der Waals surface area contributed by atoms with Crippen LogP contribution >= 0.6 is 15.9 Å². The predicted octanol–water partition coefficient (Wildman–Crippen LogP) is 4.04. The molecule has 0 saturated carbocycles. The molecule has 3 N–H and O–H groups in total. The summed E-state index contributed by atoms with van der Waals surface area (Å²) in [5.41, 5.74) is 6.18. The third-order valence-electron chi connectivity index (χ3n) is 5.48. The van der Waals surface area contributed by atoms with Crippen LogP contribution in [0.4, 0.5) is 0 Å². The van der Waals surface area contributed by atoms with E-state index in [0.29, 0.717) is 13.0 Å². The molecule has 25 heavy (non-hydrogen) atoms. The van der Waals surface area contributed by atoms with Gasteiger partial charge in [-0.1, -0.05) is 15.9 Å². The molecular formula is C19H26BrNO4. The standard InChI is InChI=1S/C19H26BrNO4/c1-19(9-8-17(22)23)15-6-5-13(3-2-10-21)24-18(15)14-11-12(20)4-7-16(14)25-19/h4,7,11,13,15,18H,2-3,5-6,8-10,21H2,1H3,(H,22,23)/t13-,15-,18+,19+/m1/s1. The molecule has 4 atom stereocenters. The van der Waals surface area contributed by atoms with Crippen molar-refractivity contribution in [2.75, 3.05) is 6.54 Å². The molecule has 0 unspecified atom stereocenters. The molecule has 2 heterocycles. The molecular weight excluding hydrogens is 386 g/mol. The molecule has 0 radical (unpaired) electrons. The molecule has 0 bridgehead atoms. The van der Waals surface area contributed by atoms with Crippen LogP contribution < -0.4 is 10.5 Å². The van der Waals surface area contributed by atoms with Crippen molar-refractivity contribution in [2.45, 2.75) is 63.3 Å². The highest BCUT2D eigenvalue weighted by Crippen LogP contribution is 2.52. The van der Waals surface area contributed by atoms with E-state index < -0.39 is 11.6 Å². The fraction of sp³-hybridized carbons (Fsp3) is 0.632. The molecule has 2 aliphatic heterocycles. The van der Waals surface area contributed by atoms with Crippen molar-refractivity contribution in [3.63, 3.8) is 0 Å². The first-order valence-electron chi connectivity index (χ1n) is 8.99. The zero-order chi connectivity index (χ0) is 18.0. The summed E-state index contributed by atoms with van der Waals surface area (Å²) in [6.07, 6.45) is 4.60. The lowest BCUT2D eigenvalue weighted by molar-refractivity contribution is -0.162. The average Bonchev–Trinajstić information content (AvgIpc) is 2.59. The SMILES string of the molecule is C[C@@]1(CCC(=O)O)Oc2ccc(Br)cc2[C@@H]2O[C@H](CCCN)CC[C@H]21. The smallest absolute Gasteiger partial charge is 0.303 e. The van der Waals surface area contributed by atoms with Crippen molar-refractivity contribution in [3.05, 3.63) is 28.2 Å². The number of nitrogens with two attached hydrogens (primary N) is 1. The van der Waals surface area contributed by atoms with Crippen molar-refractivity contribution in [1.82, 2.24) is 0 Å². The van der Waals surface area contributed by atoms with Crippen LogP contribution in [-0.4, -0.2) is 29.3 Å². The monoisotopic (exact) mass is 411 g/mol. The number of hydrogen-bond donors (Lipinski definition) is 2. The topological polar surface area (TPSA) is 81.8 Å². The van der Waals surface area contributed by atoms with Gasteiger partial charge in [-0.15, -0.1) is 0 Å². The molecule has 1 saturated heterocycles. The summed E-state index contributed by atoms with van der Waals surface area (Å²) in [5, 5.41) is 9.12. The number of aliphatic carboxylic acids is 1. The van der Waals surface area contributed by atoms with Crippen molar-refractivity contribution in [1.29, 1.82) is 0 Å². The Kier molecular flexibility index (Phi) is 5.71. The van der Waals surface area contributed by atoms with Gasteiger partial charge in [0.2, 0.25) is 0 Å². The van der Waals surface area contributed by atoms with Gasteiger partial charge >= 0.3 is 5.97 Å². The van der Waals surface area contributed by atoms with Gasteiger partial charge in [0, 0.05) is 22.4 Å². The van der Waals surface area contributed by atoms with Gasteiger partial charge in [0.1, 0.15) is 11.4 Å². The maximum Gasteiger partial charge on any atom is 0.303 e. The van der Waals surface area contributed by atoms with E-state index in [2.05, 4.69) is 22.0 Å². The maximum absolute atomic E-state index is 11.1. The highest BCUT2D eigenvalue weighted by Gasteiger charge is 2.49. The Labute approximate surface area is 157 Å². The van der Waals surface area contributed by atoms with E-state index >= 15 is 0 Å². The molecule has 3 rings (SSSR count). The van der Waals surface area contributed by atoms with Gasteiger partial charge < -0.3 is 20.3 Å². The number of hydrogen-bond acceptors (Lipinski definition) is 4. The van der Waals surface area contributed by atoms with E-state index in [1.54, 1.807) is 0 Å². The molecule has 5 nitrogen and oxygen atoms in total. The molecule has 2 aliphatic rings. The van der Waals surface area contributed by atoms with E-state index in [1.807, 2.05) is 19.1 Å². The summed E-state index contributed by atoms with van der Waals surface area (Å²) >= 11 is 3.54. The number of ether oxygens (including phenoxy) is 2. The number of carbonyl (C=O) groups is 1. The third kappa shape index (κ3) is 4.01. The van der Waals surface area contributed by atoms with E-state index in [4.69, 9.17) is 20.3 Å². The summed E-state index contributed by atoms with van der Waals surface area (Å²) in [4.78, 5) is 11.1. The predicted molar refractivity (Wildman–Crippen MR) is 98.7 cm³/mol. The van der Waals surface area contributed by atoms with E-state index in [1.165, 1.54) is 0 Å². The number of fused-ring (bicyclic) bond motifs is 3. The van der Waals surface area contributed by atoms with Crippen molar-refractivity contribution in [2.24, 2.45) is 11.7 Å². The minimum atomic E-state index is -0.791. The van der Waals surface area contributed by atoms with Gasteiger partial charge in [0.25, 0.3) is 0 Å². The van der Waals surface area contributed by atoms with E-state index in [0.717, 1.165) is 41.5 Å². The zero-order valence-electron chi connectivity index (χ0n) is 14.5. The first-order valence-corrected chi connectivity index (χ1v) is 9.78. The van der Waals surface area contributed by atoms with Gasteiger partial charge in [-0.2, -0.15) is 0 Å². The minimum Gasteiger partial charge on any atom is -0.487 e. The number of rotatable bonds is 6. The van der Waals surface area contributed by atoms with Crippen LogP contribution in [0.15, 0.2) is 22.7 Å².